The maximum absolute atomic E-state index is 12.1. The molecule has 0 aromatic heterocycles. The molecule has 2 aromatic rings. The Labute approximate surface area is 126 Å². The molecule has 5 heteroatoms. The minimum Gasteiger partial charge on any atom is -0.392 e. The van der Waals surface area contributed by atoms with Crippen LogP contribution in [0.15, 0.2) is 47.4 Å². The van der Waals surface area contributed by atoms with Crippen LogP contribution in [-0.2, 0) is 4.79 Å². The Balaban J connectivity index is 2.25. The molecule has 1 saturated heterocycles. The van der Waals surface area contributed by atoms with Gasteiger partial charge in [-0.2, -0.15) is 0 Å². The van der Waals surface area contributed by atoms with Crippen molar-refractivity contribution in [3.05, 3.63) is 52.9 Å². The Bertz CT molecular complexity index is 777. The van der Waals surface area contributed by atoms with Crippen LogP contribution in [0, 0.1) is 0 Å². The Morgan fingerprint density at radius 3 is 2.52 bits per heavy atom. The van der Waals surface area contributed by atoms with Crippen LogP contribution in [0.2, 0.25) is 0 Å². The first kappa shape index (κ1) is 13.9. The van der Waals surface area contributed by atoms with E-state index >= 15 is 0 Å². The van der Waals surface area contributed by atoms with E-state index in [0.717, 1.165) is 33.0 Å². The van der Waals surface area contributed by atoms with E-state index in [1.165, 1.54) is 7.05 Å². The average Bonchev–Trinajstić information content (AvgIpc) is 2.76. The minimum atomic E-state index is -0.359. The van der Waals surface area contributed by atoms with Crippen molar-refractivity contribution in [1.82, 2.24) is 4.90 Å². The number of hydrogen-bond acceptors (Lipinski definition) is 4. The number of nitrogens with zero attached hydrogens (tertiary/aromatic N) is 1. The van der Waals surface area contributed by atoms with Crippen molar-refractivity contribution in [1.29, 1.82) is 0 Å². The first-order chi connectivity index (χ1) is 10.1. The molecule has 3 rings (SSSR count). The Hall–Kier alpha value is -2.11. The molecule has 21 heavy (non-hydrogen) atoms. The molecular weight excluding hydrogens is 286 g/mol. The molecular formula is C16H13NO3S. The first-order valence-electron chi connectivity index (χ1n) is 6.45. The van der Waals surface area contributed by atoms with Gasteiger partial charge in [-0.15, -0.1) is 0 Å². The van der Waals surface area contributed by atoms with E-state index in [9.17, 15) is 14.7 Å². The molecule has 106 valence electrons. The largest absolute Gasteiger partial charge is 0.392 e. The Morgan fingerprint density at radius 1 is 1.14 bits per heavy atom. The van der Waals surface area contributed by atoms with Crippen molar-refractivity contribution in [2.45, 2.75) is 0 Å². The smallest absolute Gasteiger partial charge is 0.293 e. The third kappa shape index (κ3) is 2.24. The van der Waals surface area contributed by atoms with E-state index in [1.807, 2.05) is 42.5 Å². The monoisotopic (exact) mass is 299 g/mol. The number of likely N-dealkylation sites (N-methyl/N-ethyl adjacent to an activating group) is 1. The molecule has 0 spiro atoms. The quantitative estimate of drug-likeness (QED) is 0.866. The lowest BCUT2D eigenvalue weighted by molar-refractivity contribution is -0.121. The number of benzene rings is 2. The molecule has 0 saturated carbocycles. The summed E-state index contributed by atoms with van der Waals surface area (Å²) < 4.78 is 0. The summed E-state index contributed by atoms with van der Waals surface area (Å²) in [6.07, 6.45) is 0. The molecule has 0 aliphatic carbocycles. The molecule has 2 amide bonds. The van der Waals surface area contributed by atoms with Crippen LogP contribution in [0.1, 0.15) is 5.56 Å². The average molecular weight is 299 g/mol. The number of carbonyl (C=O) groups excluding carboxylic acids is 2. The van der Waals surface area contributed by atoms with Gasteiger partial charge in [0.1, 0.15) is 0 Å². The number of amides is 2. The zero-order valence-electron chi connectivity index (χ0n) is 11.4. The minimum absolute atomic E-state index is 0.288. The molecule has 2 aromatic carbocycles. The zero-order valence-corrected chi connectivity index (χ0v) is 12.2. The van der Waals surface area contributed by atoms with E-state index in [2.05, 4.69) is 0 Å². The summed E-state index contributed by atoms with van der Waals surface area (Å²) in [6.45, 7) is -0.288. The highest BCUT2D eigenvalue weighted by molar-refractivity contribution is 8.18. The van der Waals surface area contributed by atoms with Gasteiger partial charge in [-0.3, -0.25) is 14.5 Å². The third-order valence-electron chi connectivity index (χ3n) is 3.51. The van der Waals surface area contributed by atoms with Crippen LogP contribution < -0.4 is 0 Å². The Morgan fingerprint density at radius 2 is 1.86 bits per heavy atom. The number of imide groups is 1. The summed E-state index contributed by atoms with van der Waals surface area (Å²) in [4.78, 5) is 25.2. The molecule has 0 atom stereocenters. The van der Waals surface area contributed by atoms with Gasteiger partial charge in [0.25, 0.3) is 11.1 Å². The van der Waals surface area contributed by atoms with Crippen LogP contribution in [0.3, 0.4) is 0 Å². The summed E-state index contributed by atoms with van der Waals surface area (Å²) in [6, 6.07) is 13.5. The van der Waals surface area contributed by atoms with E-state index in [4.69, 9.17) is 0 Å². The molecule has 1 heterocycles. The van der Waals surface area contributed by atoms with E-state index < -0.39 is 0 Å². The van der Waals surface area contributed by atoms with Gasteiger partial charge in [0.2, 0.25) is 0 Å². The van der Waals surface area contributed by atoms with Gasteiger partial charge in [-0.25, -0.2) is 0 Å². The number of thioether (sulfide) groups is 1. The molecule has 1 aliphatic rings. The molecule has 1 fully saturated rings. The van der Waals surface area contributed by atoms with Gasteiger partial charge in [-0.1, -0.05) is 42.5 Å². The number of carbonyl (C=O) groups is 2. The summed E-state index contributed by atoms with van der Waals surface area (Å²) in [5.41, 5.74) is 1.29. The van der Waals surface area contributed by atoms with Crippen LogP contribution in [-0.4, -0.2) is 34.8 Å². The lowest BCUT2D eigenvalue weighted by atomic mass is 9.98. The number of aliphatic hydroxyl groups is 1. The zero-order chi connectivity index (χ0) is 15.0. The second kappa shape index (κ2) is 5.35. The van der Waals surface area contributed by atoms with Crippen molar-refractivity contribution < 1.29 is 14.7 Å². The van der Waals surface area contributed by atoms with Crippen LogP contribution in [0.4, 0.5) is 4.79 Å². The van der Waals surface area contributed by atoms with Gasteiger partial charge in [0, 0.05) is 12.6 Å². The number of hydrogen-bond donors (Lipinski definition) is 1. The fraction of sp³-hybridized carbons (Fsp3) is 0.125. The fourth-order valence-corrected chi connectivity index (χ4v) is 3.31. The van der Waals surface area contributed by atoms with Gasteiger partial charge in [0.15, 0.2) is 0 Å². The van der Waals surface area contributed by atoms with Crippen molar-refractivity contribution in [3.8, 4) is 0 Å². The summed E-state index contributed by atoms with van der Waals surface area (Å²) in [5.74, 6) is -0.359. The standard InChI is InChI=1S/C16H13NO3S/c1-17-15(19)14(21-16(17)20)13(9-18)12-8-4-6-10-5-2-3-7-11(10)12/h2-8,18H,9H2,1H3/b14-13-. The van der Waals surface area contributed by atoms with Gasteiger partial charge < -0.3 is 5.11 Å². The summed E-state index contributed by atoms with van der Waals surface area (Å²) in [7, 11) is 1.45. The lowest BCUT2D eigenvalue weighted by Crippen LogP contribution is -2.23. The number of rotatable bonds is 2. The van der Waals surface area contributed by atoms with Crippen molar-refractivity contribution >= 4 is 39.3 Å². The van der Waals surface area contributed by atoms with Crippen LogP contribution >= 0.6 is 11.8 Å². The second-order valence-electron chi connectivity index (χ2n) is 4.72. The maximum Gasteiger partial charge on any atom is 0.293 e. The highest BCUT2D eigenvalue weighted by Crippen LogP contribution is 2.37. The summed E-state index contributed by atoms with van der Waals surface area (Å²) in [5, 5.41) is 11.4. The SMILES string of the molecule is CN1C(=O)S/C(=C(/CO)c2cccc3ccccc23)C1=O. The summed E-state index contributed by atoms with van der Waals surface area (Å²) >= 11 is 0.875. The topological polar surface area (TPSA) is 57.6 Å². The molecule has 0 unspecified atom stereocenters. The predicted octanol–water partition coefficient (Wildman–Crippen LogP) is 2.87. The van der Waals surface area contributed by atoms with E-state index in [-0.39, 0.29) is 17.8 Å². The second-order valence-corrected chi connectivity index (χ2v) is 5.69. The van der Waals surface area contributed by atoms with Crippen molar-refractivity contribution in [2.24, 2.45) is 0 Å². The Kier molecular flexibility index (Phi) is 3.53. The molecule has 0 bridgehead atoms. The first-order valence-corrected chi connectivity index (χ1v) is 7.27. The highest BCUT2D eigenvalue weighted by atomic mass is 32.2. The molecule has 1 N–H and O–H groups in total. The van der Waals surface area contributed by atoms with Gasteiger partial charge >= 0.3 is 0 Å². The van der Waals surface area contributed by atoms with E-state index in [0.29, 0.717) is 10.5 Å². The fourth-order valence-electron chi connectivity index (χ4n) is 2.39. The van der Waals surface area contributed by atoms with E-state index in [1.54, 1.807) is 0 Å². The number of fused-ring (bicyclic) bond motifs is 1. The van der Waals surface area contributed by atoms with Gasteiger partial charge in [-0.05, 0) is 28.1 Å². The predicted molar refractivity (Wildman–Crippen MR) is 83.7 cm³/mol. The highest BCUT2D eigenvalue weighted by Gasteiger charge is 2.34. The normalized spacial score (nSPS) is 17.7. The molecule has 0 radical (unpaired) electrons. The van der Waals surface area contributed by atoms with Crippen LogP contribution in [0.25, 0.3) is 16.3 Å². The van der Waals surface area contributed by atoms with Gasteiger partial charge in [0.05, 0.1) is 11.5 Å². The lowest BCUT2D eigenvalue weighted by Gasteiger charge is -2.11. The third-order valence-corrected chi connectivity index (χ3v) is 4.58. The number of aliphatic hydroxyl groups excluding tert-OH is 1. The molecule has 4 nitrogen and oxygen atoms in total. The molecule has 1 aliphatic heterocycles. The van der Waals surface area contributed by atoms with Crippen molar-refractivity contribution in [2.75, 3.05) is 13.7 Å². The van der Waals surface area contributed by atoms with Crippen molar-refractivity contribution in [3.63, 3.8) is 0 Å². The van der Waals surface area contributed by atoms with Crippen LogP contribution in [0.5, 0.6) is 0 Å². The maximum atomic E-state index is 12.1.